The molecular weight excluding hydrogens is 346 g/mol. The highest BCUT2D eigenvalue weighted by molar-refractivity contribution is 5.95. The van der Waals surface area contributed by atoms with Gasteiger partial charge in [0.25, 0.3) is 5.91 Å². The van der Waals surface area contributed by atoms with Gasteiger partial charge in [-0.1, -0.05) is 19.9 Å². The van der Waals surface area contributed by atoms with Gasteiger partial charge in [0.05, 0.1) is 19.3 Å². The van der Waals surface area contributed by atoms with Crippen molar-refractivity contribution in [1.82, 2.24) is 0 Å². The van der Waals surface area contributed by atoms with E-state index in [9.17, 15) is 9.59 Å². The largest absolute Gasteiger partial charge is 0.497 e. The van der Waals surface area contributed by atoms with E-state index in [0.29, 0.717) is 35.3 Å². The van der Waals surface area contributed by atoms with Crippen molar-refractivity contribution in [2.45, 2.75) is 20.3 Å². The van der Waals surface area contributed by atoms with Crippen LogP contribution in [0, 0.1) is 5.92 Å². The molecule has 0 fully saturated rings. The number of rotatable bonds is 9. The standard InChI is InChI=1S/C21H25NO5/c1-15(2)11-12-26-18-9-7-16(8-10-18)21(24)27-14-20(23)22-17-5-4-6-19(13-17)25-3/h4-10,13,15H,11-12,14H2,1-3H3,(H,22,23). The Labute approximate surface area is 159 Å². The molecule has 6 heteroatoms. The summed E-state index contributed by atoms with van der Waals surface area (Å²) in [5.41, 5.74) is 0.929. The average Bonchev–Trinajstić information content (AvgIpc) is 2.66. The monoisotopic (exact) mass is 371 g/mol. The van der Waals surface area contributed by atoms with Crippen molar-refractivity contribution < 1.29 is 23.8 Å². The lowest BCUT2D eigenvalue weighted by Crippen LogP contribution is -2.20. The molecule has 0 aliphatic carbocycles. The highest BCUT2D eigenvalue weighted by atomic mass is 16.5. The zero-order valence-electron chi connectivity index (χ0n) is 15.9. The first kappa shape index (κ1) is 20.3. The molecule has 0 aromatic heterocycles. The summed E-state index contributed by atoms with van der Waals surface area (Å²) in [5.74, 6) is 0.903. The van der Waals surface area contributed by atoms with E-state index in [-0.39, 0.29) is 6.61 Å². The van der Waals surface area contributed by atoms with Gasteiger partial charge in [-0.2, -0.15) is 0 Å². The number of amides is 1. The summed E-state index contributed by atoms with van der Waals surface area (Å²) < 4.78 is 15.7. The molecule has 2 aromatic carbocycles. The molecule has 1 amide bonds. The minimum Gasteiger partial charge on any atom is -0.497 e. The van der Waals surface area contributed by atoms with Crippen LogP contribution in [0.4, 0.5) is 5.69 Å². The van der Waals surface area contributed by atoms with Crippen LogP contribution in [-0.2, 0) is 9.53 Å². The number of benzene rings is 2. The Morgan fingerprint density at radius 3 is 2.44 bits per heavy atom. The van der Waals surface area contributed by atoms with Gasteiger partial charge in [0.2, 0.25) is 0 Å². The highest BCUT2D eigenvalue weighted by Gasteiger charge is 2.11. The molecule has 0 saturated carbocycles. The van der Waals surface area contributed by atoms with Crippen LogP contribution in [0.15, 0.2) is 48.5 Å². The zero-order valence-corrected chi connectivity index (χ0v) is 15.9. The van der Waals surface area contributed by atoms with E-state index in [1.54, 1.807) is 55.6 Å². The van der Waals surface area contributed by atoms with Gasteiger partial charge in [-0.25, -0.2) is 4.79 Å². The molecule has 0 heterocycles. The number of nitrogens with one attached hydrogen (secondary N) is 1. The molecule has 0 aliphatic heterocycles. The van der Waals surface area contributed by atoms with Gasteiger partial charge in [0.1, 0.15) is 11.5 Å². The highest BCUT2D eigenvalue weighted by Crippen LogP contribution is 2.17. The number of ether oxygens (including phenoxy) is 3. The molecule has 0 spiro atoms. The molecule has 1 N–H and O–H groups in total. The summed E-state index contributed by atoms with van der Waals surface area (Å²) in [4.78, 5) is 24.0. The predicted octanol–water partition coefficient (Wildman–Crippen LogP) is 3.92. The molecule has 6 nitrogen and oxygen atoms in total. The lowest BCUT2D eigenvalue weighted by Gasteiger charge is -2.09. The van der Waals surface area contributed by atoms with Crippen LogP contribution in [0.25, 0.3) is 0 Å². The molecule has 0 saturated heterocycles. The minimum atomic E-state index is -0.565. The fraction of sp³-hybridized carbons (Fsp3) is 0.333. The van der Waals surface area contributed by atoms with Gasteiger partial charge in [-0.05, 0) is 48.7 Å². The first-order valence-corrected chi connectivity index (χ1v) is 8.82. The molecule has 144 valence electrons. The third-order valence-electron chi connectivity index (χ3n) is 3.74. The van der Waals surface area contributed by atoms with E-state index in [4.69, 9.17) is 14.2 Å². The Kier molecular flexibility index (Phi) is 7.67. The first-order valence-electron chi connectivity index (χ1n) is 8.82. The number of esters is 1. The van der Waals surface area contributed by atoms with Crippen molar-refractivity contribution in [1.29, 1.82) is 0 Å². The van der Waals surface area contributed by atoms with Crippen molar-refractivity contribution in [3.05, 3.63) is 54.1 Å². The number of hydrogen-bond acceptors (Lipinski definition) is 5. The molecule has 0 bridgehead atoms. The fourth-order valence-electron chi connectivity index (χ4n) is 2.21. The van der Waals surface area contributed by atoms with Crippen LogP contribution < -0.4 is 14.8 Å². The molecule has 2 rings (SSSR count). The first-order chi connectivity index (χ1) is 13.0. The molecule has 0 aliphatic rings. The van der Waals surface area contributed by atoms with Gasteiger partial charge < -0.3 is 19.5 Å². The Hall–Kier alpha value is -3.02. The normalized spacial score (nSPS) is 10.4. The zero-order chi connectivity index (χ0) is 19.6. The summed E-state index contributed by atoms with van der Waals surface area (Å²) in [5, 5.41) is 2.65. The lowest BCUT2D eigenvalue weighted by atomic mass is 10.1. The maximum Gasteiger partial charge on any atom is 0.338 e. The smallest absolute Gasteiger partial charge is 0.338 e. The third-order valence-corrected chi connectivity index (χ3v) is 3.74. The molecule has 0 atom stereocenters. The van der Waals surface area contributed by atoms with E-state index in [2.05, 4.69) is 19.2 Å². The topological polar surface area (TPSA) is 73.9 Å². The van der Waals surface area contributed by atoms with E-state index in [1.165, 1.54) is 0 Å². The van der Waals surface area contributed by atoms with Gasteiger partial charge in [-0.15, -0.1) is 0 Å². The molecular formula is C21H25NO5. The predicted molar refractivity (Wildman–Crippen MR) is 103 cm³/mol. The van der Waals surface area contributed by atoms with Crippen molar-refractivity contribution in [3.8, 4) is 11.5 Å². The van der Waals surface area contributed by atoms with Crippen molar-refractivity contribution in [2.75, 3.05) is 25.6 Å². The Morgan fingerprint density at radius 2 is 1.78 bits per heavy atom. The minimum absolute atomic E-state index is 0.361. The fourth-order valence-corrected chi connectivity index (χ4v) is 2.21. The molecule has 2 aromatic rings. The quantitative estimate of drug-likeness (QED) is 0.677. The molecule has 0 unspecified atom stereocenters. The Bertz CT molecular complexity index is 755. The van der Waals surface area contributed by atoms with Gasteiger partial charge in [0.15, 0.2) is 6.61 Å². The second-order valence-electron chi connectivity index (χ2n) is 6.41. The summed E-state index contributed by atoms with van der Waals surface area (Å²) in [6.07, 6.45) is 0.964. The van der Waals surface area contributed by atoms with Crippen molar-refractivity contribution in [3.63, 3.8) is 0 Å². The van der Waals surface area contributed by atoms with Gasteiger partial charge >= 0.3 is 5.97 Å². The van der Waals surface area contributed by atoms with Crippen LogP contribution in [-0.4, -0.2) is 32.2 Å². The summed E-state index contributed by atoms with van der Waals surface area (Å²) in [7, 11) is 1.54. The number of hydrogen-bond donors (Lipinski definition) is 1. The van der Waals surface area contributed by atoms with E-state index < -0.39 is 11.9 Å². The van der Waals surface area contributed by atoms with E-state index >= 15 is 0 Å². The van der Waals surface area contributed by atoms with Crippen molar-refractivity contribution >= 4 is 17.6 Å². The van der Waals surface area contributed by atoms with E-state index in [0.717, 1.165) is 6.42 Å². The molecule has 0 radical (unpaired) electrons. The molecule has 27 heavy (non-hydrogen) atoms. The van der Waals surface area contributed by atoms with Crippen molar-refractivity contribution in [2.24, 2.45) is 5.92 Å². The SMILES string of the molecule is COc1cccc(NC(=O)COC(=O)c2ccc(OCCC(C)C)cc2)c1. The maximum absolute atomic E-state index is 12.1. The number of carbonyl (C=O) groups excluding carboxylic acids is 2. The maximum atomic E-state index is 12.1. The van der Waals surface area contributed by atoms with Crippen LogP contribution in [0.1, 0.15) is 30.6 Å². The summed E-state index contributed by atoms with van der Waals surface area (Å²) in [6.45, 7) is 4.52. The number of anilines is 1. The van der Waals surface area contributed by atoms with Gasteiger partial charge in [-0.3, -0.25) is 4.79 Å². The van der Waals surface area contributed by atoms with Crippen LogP contribution in [0.3, 0.4) is 0 Å². The third kappa shape index (κ3) is 7.01. The Balaban J connectivity index is 1.79. The van der Waals surface area contributed by atoms with Crippen LogP contribution in [0.5, 0.6) is 11.5 Å². The summed E-state index contributed by atoms with van der Waals surface area (Å²) >= 11 is 0. The number of carbonyl (C=O) groups is 2. The lowest BCUT2D eigenvalue weighted by molar-refractivity contribution is -0.119. The van der Waals surface area contributed by atoms with E-state index in [1.807, 2.05) is 0 Å². The second-order valence-corrected chi connectivity index (χ2v) is 6.41. The summed E-state index contributed by atoms with van der Waals surface area (Å²) in [6, 6.07) is 13.6. The second kappa shape index (κ2) is 10.2. The number of methoxy groups -OCH3 is 1. The van der Waals surface area contributed by atoms with Crippen LogP contribution >= 0.6 is 0 Å². The Morgan fingerprint density at radius 1 is 1.04 bits per heavy atom. The average molecular weight is 371 g/mol. The van der Waals surface area contributed by atoms with Gasteiger partial charge in [0, 0.05) is 11.8 Å². The van der Waals surface area contributed by atoms with Crippen LogP contribution in [0.2, 0.25) is 0 Å².